The lowest BCUT2D eigenvalue weighted by molar-refractivity contribution is -0.137. The molecule has 0 radical (unpaired) electrons. The van der Waals surface area contributed by atoms with Crippen molar-refractivity contribution >= 4 is 41.1 Å². The number of imide groups is 1. The smallest absolute Gasteiger partial charge is 0.315 e. The van der Waals surface area contributed by atoms with E-state index in [0.29, 0.717) is 15.6 Å². The first-order chi connectivity index (χ1) is 13.8. The van der Waals surface area contributed by atoms with E-state index in [2.05, 4.69) is 11.8 Å². The van der Waals surface area contributed by atoms with Gasteiger partial charge in [0, 0.05) is 35.5 Å². The van der Waals surface area contributed by atoms with E-state index >= 15 is 0 Å². The number of guanidine groups is 1. The number of fused-ring (bicyclic) bond motifs is 3. The van der Waals surface area contributed by atoms with Crippen LogP contribution in [0.25, 0.3) is 0 Å². The molecule has 3 aliphatic heterocycles. The molecule has 154 valence electrons. The molecule has 1 aromatic rings. The largest absolute Gasteiger partial charge is 0.328 e. The molecule has 29 heavy (non-hydrogen) atoms. The standard InChI is InChI=1S/C20H23Cl2N5O2/c1-4-5-8-25-12(2)10-26-16-17(23-19(25)26)24(3)20(29)27(18(16)28)11-13-6-7-14(21)9-15(13)22/h6-7,9-10,16-17H,4-5,8,11H2,1-3H3. The summed E-state index contributed by atoms with van der Waals surface area (Å²) in [4.78, 5) is 37.8. The fourth-order valence-electron chi connectivity index (χ4n) is 3.96. The van der Waals surface area contributed by atoms with Crippen molar-refractivity contribution in [2.75, 3.05) is 13.6 Å². The summed E-state index contributed by atoms with van der Waals surface area (Å²) in [7, 11) is 1.68. The Hall–Kier alpha value is -2.25. The molecule has 3 aliphatic rings. The van der Waals surface area contributed by atoms with Crippen LogP contribution in [0.3, 0.4) is 0 Å². The fourth-order valence-corrected chi connectivity index (χ4v) is 4.43. The minimum Gasteiger partial charge on any atom is -0.315 e. The molecule has 3 heterocycles. The summed E-state index contributed by atoms with van der Waals surface area (Å²) in [6.45, 7) is 5.08. The number of unbranched alkanes of at least 4 members (excludes halogenated alkanes) is 1. The molecule has 9 heteroatoms. The molecular formula is C20H23Cl2N5O2. The van der Waals surface area contributed by atoms with Gasteiger partial charge >= 0.3 is 6.03 Å². The number of rotatable bonds is 5. The lowest BCUT2D eigenvalue weighted by Gasteiger charge is -2.40. The molecule has 0 aromatic heterocycles. The zero-order chi connectivity index (χ0) is 20.9. The highest BCUT2D eigenvalue weighted by Crippen LogP contribution is 2.35. The Morgan fingerprint density at radius 2 is 1.93 bits per heavy atom. The lowest BCUT2D eigenvalue weighted by Crippen LogP contribution is -2.63. The number of amides is 3. The Balaban J connectivity index is 1.62. The van der Waals surface area contributed by atoms with Crippen LogP contribution in [-0.2, 0) is 11.3 Å². The fraction of sp³-hybridized carbons (Fsp3) is 0.450. The molecule has 2 unspecified atom stereocenters. The van der Waals surface area contributed by atoms with Gasteiger partial charge in [0.25, 0.3) is 5.91 Å². The predicted octanol–water partition coefficient (Wildman–Crippen LogP) is 3.73. The van der Waals surface area contributed by atoms with Crippen LogP contribution in [0.2, 0.25) is 10.0 Å². The highest BCUT2D eigenvalue weighted by Gasteiger charge is 2.54. The Morgan fingerprint density at radius 1 is 1.17 bits per heavy atom. The summed E-state index contributed by atoms with van der Waals surface area (Å²) in [6, 6.07) is 4.09. The van der Waals surface area contributed by atoms with Gasteiger partial charge in [0.2, 0.25) is 5.96 Å². The highest BCUT2D eigenvalue weighted by molar-refractivity contribution is 6.35. The predicted molar refractivity (Wildman–Crippen MR) is 112 cm³/mol. The van der Waals surface area contributed by atoms with E-state index < -0.39 is 12.2 Å². The van der Waals surface area contributed by atoms with Crippen molar-refractivity contribution in [2.45, 2.75) is 45.4 Å². The maximum Gasteiger partial charge on any atom is 0.328 e. The summed E-state index contributed by atoms with van der Waals surface area (Å²) >= 11 is 12.2. The minimum absolute atomic E-state index is 0.0899. The molecule has 0 spiro atoms. The Morgan fingerprint density at radius 3 is 2.62 bits per heavy atom. The quantitative estimate of drug-likeness (QED) is 0.706. The molecule has 3 amide bonds. The maximum absolute atomic E-state index is 13.4. The number of aliphatic imine (C=N–C) groups is 1. The molecule has 0 saturated carbocycles. The molecule has 4 rings (SSSR count). The number of likely N-dealkylation sites (N-methyl/N-ethyl adjacent to an activating group) is 1. The Bertz CT molecular complexity index is 931. The van der Waals surface area contributed by atoms with Gasteiger partial charge in [0.05, 0.1) is 6.54 Å². The van der Waals surface area contributed by atoms with E-state index in [4.69, 9.17) is 28.2 Å². The SMILES string of the molecule is CCCCN1C(C)=CN2C1=NC1C2C(=O)N(Cc2ccc(Cl)cc2Cl)C(=O)N1C. The summed E-state index contributed by atoms with van der Waals surface area (Å²) < 4.78 is 0. The summed E-state index contributed by atoms with van der Waals surface area (Å²) in [5.74, 6) is 0.467. The van der Waals surface area contributed by atoms with Crippen LogP contribution in [0.5, 0.6) is 0 Å². The van der Waals surface area contributed by atoms with Crippen molar-refractivity contribution in [3.63, 3.8) is 0 Å². The average molecular weight is 436 g/mol. The number of halogens is 2. The number of benzene rings is 1. The van der Waals surface area contributed by atoms with Gasteiger partial charge in [-0.2, -0.15) is 0 Å². The van der Waals surface area contributed by atoms with Crippen molar-refractivity contribution < 1.29 is 9.59 Å². The first-order valence-electron chi connectivity index (χ1n) is 9.67. The number of hydrogen-bond donors (Lipinski definition) is 0. The van der Waals surface area contributed by atoms with Gasteiger partial charge in [-0.15, -0.1) is 0 Å². The van der Waals surface area contributed by atoms with E-state index in [1.165, 1.54) is 9.80 Å². The number of carbonyl (C=O) groups excluding carboxylic acids is 2. The molecule has 1 aromatic carbocycles. The zero-order valence-corrected chi connectivity index (χ0v) is 18.1. The zero-order valence-electron chi connectivity index (χ0n) is 16.6. The normalized spacial score (nSPS) is 23.5. The van der Waals surface area contributed by atoms with E-state index in [-0.39, 0.29) is 18.5 Å². The van der Waals surface area contributed by atoms with E-state index in [1.807, 2.05) is 18.0 Å². The Kier molecular flexibility index (Phi) is 5.21. The second kappa shape index (κ2) is 7.54. The van der Waals surface area contributed by atoms with E-state index in [0.717, 1.165) is 31.0 Å². The van der Waals surface area contributed by atoms with Crippen molar-refractivity contribution in [3.05, 3.63) is 45.7 Å². The molecule has 0 N–H and O–H groups in total. The Labute approximate surface area is 180 Å². The summed E-state index contributed by atoms with van der Waals surface area (Å²) in [5.41, 5.74) is 1.72. The molecular weight excluding hydrogens is 413 g/mol. The topological polar surface area (TPSA) is 59.5 Å². The summed E-state index contributed by atoms with van der Waals surface area (Å²) in [6.07, 6.45) is 3.51. The van der Waals surface area contributed by atoms with Crippen molar-refractivity contribution in [3.8, 4) is 0 Å². The monoisotopic (exact) mass is 435 g/mol. The van der Waals surface area contributed by atoms with Gasteiger partial charge in [-0.05, 0) is 31.0 Å². The molecule has 7 nitrogen and oxygen atoms in total. The van der Waals surface area contributed by atoms with Crippen molar-refractivity contribution in [2.24, 2.45) is 4.99 Å². The van der Waals surface area contributed by atoms with Crippen molar-refractivity contribution in [1.29, 1.82) is 0 Å². The van der Waals surface area contributed by atoms with Crippen molar-refractivity contribution in [1.82, 2.24) is 19.6 Å². The molecule has 1 fully saturated rings. The first-order valence-corrected chi connectivity index (χ1v) is 10.4. The van der Waals surface area contributed by atoms with Crippen LogP contribution >= 0.6 is 23.2 Å². The highest BCUT2D eigenvalue weighted by atomic mass is 35.5. The average Bonchev–Trinajstić information content (AvgIpc) is 3.18. The lowest BCUT2D eigenvalue weighted by atomic mass is 10.1. The van der Waals surface area contributed by atoms with Gasteiger partial charge in [0.15, 0.2) is 12.2 Å². The third-order valence-electron chi connectivity index (χ3n) is 5.58. The number of urea groups is 1. The molecule has 0 aliphatic carbocycles. The van der Waals surface area contributed by atoms with Crippen LogP contribution in [0.1, 0.15) is 32.3 Å². The molecule has 2 atom stereocenters. The summed E-state index contributed by atoms with van der Waals surface area (Å²) in [5, 5.41) is 0.930. The van der Waals surface area contributed by atoms with E-state index in [9.17, 15) is 9.59 Å². The molecule has 0 bridgehead atoms. The molecule has 1 saturated heterocycles. The maximum atomic E-state index is 13.4. The van der Waals surface area contributed by atoms with Gasteiger partial charge < -0.3 is 14.7 Å². The van der Waals surface area contributed by atoms with Crippen LogP contribution in [-0.4, -0.2) is 63.3 Å². The third kappa shape index (κ3) is 3.26. The number of hydrogen-bond acceptors (Lipinski definition) is 5. The van der Waals surface area contributed by atoms with E-state index in [1.54, 1.807) is 25.2 Å². The third-order valence-corrected chi connectivity index (χ3v) is 6.17. The van der Waals surface area contributed by atoms with Gasteiger partial charge in [-0.3, -0.25) is 9.69 Å². The second-order valence-electron chi connectivity index (χ2n) is 7.52. The number of allylic oxidation sites excluding steroid dienone is 1. The van der Waals surface area contributed by atoms with Gasteiger partial charge in [0.1, 0.15) is 0 Å². The van der Waals surface area contributed by atoms with Gasteiger partial charge in [-0.1, -0.05) is 42.6 Å². The number of nitrogens with zero attached hydrogens (tertiary/aromatic N) is 5. The second-order valence-corrected chi connectivity index (χ2v) is 8.37. The van der Waals surface area contributed by atoms with Crippen LogP contribution in [0, 0.1) is 0 Å². The van der Waals surface area contributed by atoms with Crippen LogP contribution < -0.4 is 0 Å². The van der Waals surface area contributed by atoms with Gasteiger partial charge in [-0.25, -0.2) is 9.79 Å². The van der Waals surface area contributed by atoms with Crippen LogP contribution in [0.15, 0.2) is 35.1 Å². The first kappa shape index (κ1) is 20.0. The minimum atomic E-state index is -0.569. The van der Waals surface area contributed by atoms with Crippen LogP contribution in [0.4, 0.5) is 4.79 Å². The number of carbonyl (C=O) groups is 2.